The minimum atomic E-state index is 0.523. The number of fused-ring (bicyclic) bond motifs is 1. The average Bonchev–Trinajstić information content (AvgIpc) is 3.28. The van der Waals surface area contributed by atoms with Gasteiger partial charge in [0.05, 0.1) is 30.2 Å². The van der Waals surface area contributed by atoms with Crippen molar-refractivity contribution < 1.29 is 9.15 Å². The van der Waals surface area contributed by atoms with Crippen LogP contribution in [0.25, 0.3) is 11.1 Å². The van der Waals surface area contributed by atoms with E-state index in [2.05, 4.69) is 20.5 Å². The molecular formula is C23H28ClN5O2. The first-order valence-electron chi connectivity index (χ1n) is 11.1. The second kappa shape index (κ2) is 9.32. The van der Waals surface area contributed by atoms with Crippen molar-refractivity contribution in [2.24, 2.45) is 5.92 Å². The van der Waals surface area contributed by atoms with Crippen molar-refractivity contribution in [2.45, 2.75) is 32.1 Å². The number of morpholine rings is 1. The van der Waals surface area contributed by atoms with Gasteiger partial charge < -0.3 is 24.7 Å². The first-order chi connectivity index (χ1) is 15.3. The quantitative estimate of drug-likeness (QED) is 0.526. The molecule has 1 saturated carbocycles. The largest absolute Gasteiger partial charge is 0.459 e. The number of nitrogens with zero attached hydrogens (tertiary/aromatic N) is 3. The molecule has 2 N–H and O–H groups in total. The number of aromatic nitrogens is 2. The molecule has 2 fully saturated rings. The fourth-order valence-corrected chi connectivity index (χ4v) is 4.75. The third-order valence-electron chi connectivity index (χ3n) is 6.14. The Balaban J connectivity index is 1.33. The number of nitrogens with one attached hydrogen (secondary N) is 2. The SMILES string of the molecule is Clc1cc(Nc2nc(NCC3CCCCC3)c3occc3n2)ccc1N1CCOCC1. The third kappa shape index (κ3) is 4.72. The van der Waals surface area contributed by atoms with E-state index in [1.807, 2.05) is 24.3 Å². The Bertz CT molecular complexity index is 1030. The second-order valence-corrected chi connectivity index (χ2v) is 8.71. The summed E-state index contributed by atoms with van der Waals surface area (Å²) in [6, 6.07) is 7.83. The van der Waals surface area contributed by atoms with Gasteiger partial charge >= 0.3 is 0 Å². The summed E-state index contributed by atoms with van der Waals surface area (Å²) in [5.74, 6) is 1.95. The summed E-state index contributed by atoms with van der Waals surface area (Å²) in [6.45, 7) is 4.06. The Labute approximate surface area is 187 Å². The molecule has 164 valence electrons. The highest BCUT2D eigenvalue weighted by atomic mass is 35.5. The highest BCUT2D eigenvalue weighted by Gasteiger charge is 2.17. The van der Waals surface area contributed by atoms with E-state index >= 15 is 0 Å². The fourth-order valence-electron chi connectivity index (χ4n) is 4.45. The van der Waals surface area contributed by atoms with E-state index < -0.39 is 0 Å². The van der Waals surface area contributed by atoms with Crippen molar-refractivity contribution in [1.82, 2.24) is 9.97 Å². The van der Waals surface area contributed by atoms with Crippen molar-refractivity contribution in [3.8, 4) is 0 Å². The van der Waals surface area contributed by atoms with Gasteiger partial charge in [-0.05, 0) is 37.0 Å². The summed E-state index contributed by atoms with van der Waals surface area (Å²) >= 11 is 6.58. The maximum atomic E-state index is 6.58. The van der Waals surface area contributed by atoms with Gasteiger partial charge in [0.2, 0.25) is 5.95 Å². The molecule has 3 aromatic rings. The minimum Gasteiger partial charge on any atom is -0.459 e. The maximum absolute atomic E-state index is 6.58. The Hall–Kier alpha value is -2.51. The third-order valence-corrected chi connectivity index (χ3v) is 6.44. The normalized spacial score (nSPS) is 17.8. The molecule has 1 aliphatic heterocycles. The van der Waals surface area contributed by atoms with Gasteiger partial charge in [-0.3, -0.25) is 0 Å². The molecule has 7 nitrogen and oxygen atoms in total. The summed E-state index contributed by atoms with van der Waals surface area (Å²) < 4.78 is 11.1. The predicted octanol–water partition coefficient (Wildman–Crippen LogP) is 5.45. The van der Waals surface area contributed by atoms with Crippen LogP contribution in [0.4, 0.5) is 23.1 Å². The van der Waals surface area contributed by atoms with Gasteiger partial charge in [0, 0.05) is 31.4 Å². The van der Waals surface area contributed by atoms with E-state index in [4.69, 9.17) is 25.7 Å². The fraction of sp³-hybridized carbons (Fsp3) is 0.478. The molecule has 0 radical (unpaired) electrons. The standard InChI is InChI=1S/C23H28ClN5O2/c24-18-14-17(6-7-20(18)29-9-12-30-13-10-29)26-23-27-19-8-11-31-21(19)22(28-23)25-15-16-4-2-1-3-5-16/h6-8,11,14,16H,1-5,9-10,12-13,15H2,(H2,25,26,27,28). The van der Waals surface area contributed by atoms with Crippen LogP contribution in [0.1, 0.15) is 32.1 Å². The molecule has 3 heterocycles. The zero-order valence-electron chi connectivity index (χ0n) is 17.6. The number of hydrogen-bond acceptors (Lipinski definition) is 7. The molecule has 2 aromatic heterocycles. The molecule has 2 aliphatic rings. The Morgan fingerprint density at radius 3 is 2.71 bits per heavy atom. The highest BCUT2D eigenvalue weighted by molar-refractivity contribution is 6.33. The highest BCUT2D eigenvalue weighted by Crippen LogP contribution is 2.31. The minimum absolute atomic E-state index is 0.523. The molecule has 1 aliphatic carbocycles. The summed E-state index contributed by atoms with van der Waals surface area (Å²) in [4.78, 5) is 11.5. The van der Waals surface area contributed by atoms with Crippen molar-refractivity contribution in [2.75, 3.05) is 48.4 Å². The molecular weight excluding hydrogens is 414 g/mol. The van der Waals surface area contributed by atoms with Crippen molar-refractivity contribution in [3.05, 3.63) is 35.6 Å². The molecule has 1 saturated heterocycles. The van der Waals surface area contributed by atoms with Gasteiger partial charge in [-0.25, -0.2) is 4.98 Å². The molecule has 0 bridgehead atoms. The number of hydrogen-bond donors (Lipinski definition) is 2. The summed E-state index contributed by atoms with van der Waals surface area (Å²) in [5.41, 5.74) is 3.35. The van der Waals surface area contributed by atoms with Crippen LogP contribution in [0.2, 0.25) is 5.02 Å². The van der Waals surface area contributed by atoms with Gasteiger partial charge in [-0.1, -0.05) is 30.9 Å². The number of rotatable bonds is 6. The maximum Gasteiger partial charge on any atom is 0.229 e. The molecule has 0 amide bonds. The van der Waals surface area contributed by atoms with Gasteiger partial charge in [0.25, 0.3) is 0 Å². The van der Waals surface area contributed by atoms with Crippen molar-refractivity contribution in [3.63, 3.8) is 0 Å². The van der Waals surface area contributed by atoms with E-state index in [0.29, 0.717) is 22.5 Å². The summed E-state index contributed by atoms with van der Waals surface area (Å²) in [5, 5.41) is 7.51. The van der Waals surface area contributed by atoms with Crippen molar-refractivity contribution in [1.29, 1.82) is 0 Å². The first kappa shape index (κ1) is 20.4. The van der Waals surface area contributed by atoms with E-state index in [1.165, 1.54) is 32.1 Å². The van der Waals surface area contributed by atoms with Crippen LogP contribution in [-0.2, 0) is 4.74 Å². The molecule has 0 unspecified atom stereocenters. The zero-order valence-corrected chi connectivity index (χ0v) is 18.3. The van der Waals surface area contributed by atoms with Crippen LogP contribution in [0.5, 0.6) is 0 Å². The second-order valence-electron chi connectivity index (χ2n) is 8.31. The topological polar surface area (TPSA) is 75.5 Å². The lowest BCUT2D eigenvalue weighted by Gasteiger charge is -2.29. The van der Waals surface area contributed by atoms with Crippen molar-refractivity contribution >= 4 is 45.8 Å². The lowest BCUT2D eigenvalue weighted by molar-refractivity contribution is 0.122. The number of anilines is 4. The number of halogens is 1. The Morgan fingerprint density at radius 2 is 1.90 bits per heavy atom. The average molecular weight is 442 g/mol. The van der Waals surface area contributed by atoms with Gasteiger partial charge in [0.1, 0.15) is 5.52 Å². The van der Waals surface area contributed by atoms with E-state index in [-0.39, 0.29) is 0 Å². The summed E-state index contributed by atoms with van der Waals surface area (Å²) in [7, 11) is 0. The zero-order chi connectivity index (χ0) is 21.0. The predicted molar refractivity (Wildman–Crippen MR) is 125 cm³/mol. The Kier molecular flexibility index (Phi) is 6.13. The number of benzene rings is 1. The van der Waals surface area contributed by atoms with Crippen LogP contribution in [0, 0.1) is 5.92 Å². The molecule has 5 rings (SSSR count). The van der Waals surface area contributed by atoms with Crippen LogP contribution >= 0.6 is 11.6 Å². The van der Waals surface area contributed by atoms with E-state index in [9.17, 15) is 0 Å². The molecule has 8 heteroatoms. The summed E-state index contributed by atoms with van der Waals surface area (Å²) in [6.07, 6.45) is 8.20. The molecule has 0 atom stereocenters. The van der Waals surface area contributed by atoms with Gasteiger partial charge in [0.15, 0.2) is 11.4 Å². The molecule has 31 heavy (non-hydrogen) atoms. The number of ether oxygens (including phenoxy) is 1. The number of furan rings is 1. The van der Waals surface area contributed by atoms with Crippen LogP contribution in [0.3, 0.4) is 0 Å². The van der Waals surface area contributed by atoms with Gasteiger partial charge in [-0.15, -0.1) is 0 Å². The van der Waals surface area contributed by atoms with Crippen LogP contribution < -0.4 is 15.5 Å². The Morgan fingerprint density at radius 1 is 1.06 bits per heavy atom. The van der Waals surface area contributed by atoms with Crippen LogP contribution in [-0.4, -0.2) is 42.8 Å². The molecule has 1 aromatic carbocycles. The lowest BCUT2D eigenvalue weighted by atomic mass is 9.89. The smallest absolute Gasteiger partial charge is 0.229 e. The van der Waals surface area contributed by atoms with Crippen LogP contribution in [0.15, 0.2) is 34.9 Å². The van der Waals surface area contributed by atoms with Gasteiger partial charge in [-0.2, -0.15) is 4.98 Å². The van der Waals surface area contributed by atoms with E-state index in [1.54, 1.807) is 6.26 Å². The molecule has 0 spiro atoms. The first-order valence-corrected chi connectivity index (χ1v) is 11.5. The lowest BCUT2D eigenvalue weighted by Crippen LogP contribution is -2.36. The van der Waals surface area contributed by atoms with E-state index in [0.717, 1.165) is 55.6 Å². The monoisotopic (exact) mass is 441 g/mol.